The van der Waals surface area contributed by atoms with Crippen LogP contribution in [0.25, 0.3) is 0 Å². The lowest BCUT2D eigenvalue weighted by Gasteiger charge is -2.48. The SMILES string of the molecule is CC1O[C@H](O[C@@H]2C(CO)O[C@H](O[C@@H](C)C(CO)O[C@H](O)[C@@H](O)CO)C(O)[C@H]2O)C(O)[C@@H](O)[C@@H]1N[C@H]1C=C(CO)[C@@H](O)[C@H](O)[C@H]1O. The molecule has 45 heavy (non-hydrogen) atoms. The Morgan fingerprint density at radius 1 is 0.822 bits per heavy atom. The summed E-state index contributed by atoms with van der Waals surface area (Å²) in [6.07, 6.45) is -23.7. The second-order valence-electron chi connectivity index (χ2n) is 11.4. The molecule has 2 aliphatic heterocycles. The minimum absolute atomic E-state index is 0.0278. The largest absolute Gasteiger partial charge is 0.394 e. The first-order chi connectivity index (χ1) is 21.2. The van der Waals surface area contributed by atoms with Gasteiger partial charge in [-0.15, -0.1) is 0 Å². The van der Waals surface area contributed by atoms with E-state index < -0.39 is 137 Å². The molecule has 2 fully saturated rings. The molecule has 0 saturated carbocycles. The highest BCUT2D eigenvalue weighted by Crippen LogP contribution is 2.31. The van der Waals surface area contributed by atoms with Gasteiger partial charge in [0.05, 0.1) is 50.7 Å². The van der Waals surface area contributed by atoms with Gasteiger partial charge in [0.15, 0.2) is 18.9 Å². The van der Waals surface area contributed by atoms with Gasteiger partial charge in [-0.25, -0.2) is 0 Å². The molecule has 0 spiro atoms. The molecule has 19 nitrogen and oxygen atoms in total. The Bertz CT molecular complexity index is 930. The molecule has 0 amide bonds. The van der Waals surface area contributed by atoms with E-state index in [1.54, 1.807) is 0 Å². The van der Waals surface area contributed by atoms with Crippen LogP contribution in [0.5, 0.6) is 0 Å². The third kappa shape index (κ3) is 8.72. The topological polar surface area (TPSA) is 321 Å². The number of hydrogen-bond donors (Lipinski definition) is 14. The predicted octanol–water partition coefficient (Wildman–Crippen LogP) is -7.93. The van der Waals surface area contributed by atoms with Crippen LogP contribution in [0.1, 0.15) is 13.8 Å². The molecule has 0 aromatic heterocycles. The smallest absolute Gasteiger partial charge is 0.187 e. The van der Waals surface area contributed by atoms with Crippen molar-refractivity contribution in [3.63, 3.8) is 0 Å². The van der Waals surface area contributed by atoms with E-state index in [9.17, 15) is 61.3 Å². The van der Waals surface area contributed by atoms with Crippen LogP contribution in [0.15, 0.2) is 11.6 Å². The monoisotopic (exact) mass is 661 g/mol. The molecular formula is C26H47NO18. The van der Waals surface area contributed by atoms with E-state index in [1.807, 2.05) is 0 Å². The van der Waals surface area contributed by atoms with Crippen LogP contribution >= 0.6 is 0 Å². The highest BCUT2D eigenvalue weighted by atomic mass is 16.7. The van der Waals surface area contributed by atoms with E-state index in [-0.39, 0.29) is 5.57 Å². The molecule has 0 aromatic rings. The molecule has 0 radical (unpaired) electrons. The molecule has 0 aromatic carbocycles. The maximum atomic E-state index is 10.9. The van der Waals surface area contributed by atoms with Crippen LogP contribution in [-0.4, -0.2) is 203 Å². The molecule has 3 aliphatic rings. The maximum absolute atomic E-state index is 10.9. The molecule has 2 saturated heterocycles. The van der Waals surface area contributed by atoms with Gasteiger partial charge in [0.1, 0.15) is 67.1 Å². The number of nitrogens with one attached hydrogen (secondary N) is 1. The van der Waals surface area contributed by atoms with Crippen molar-refractivity contribution in [3.8, 4) is 0 Å². The van der Waals surface area contributed by atoms with E-state index in [0.29, 0.717) is 0 Å². The molecule has 19 heteroatoms. The van der Waals surface area contributed by atoms with Crippen molar-refractivity contribution in [3.05, 3.63) is 11.6 Å². The van der Waals surface area contributed by atoms with Crippen molar-refractivity contribution in [1.29, 1.82) is 0 Å². The third-order valence-corrected chi connectivity index (χ3v) is 8.23. The van der Waals surface area contributed by atoms with Gasteiger partial charge in [-0.05, 0) is 19.4 Å². The van der Waals surface area contributed by atoms with E-state index in [2.05, 4.69) is 5.32 Å². The van der Waals surface area contributed by atoms with Gasteiger partial charge in [0, 0.05) is 0 Å². The van der Waals surface area contributed by atoms with Crippen LogP contribution in [0.3, 0.4) is 0 Å². The average molecular weight is 662 g/mol. The lowest BCUT2D eigenvalue weighted by molar-refractivity contribution is -0.359. The summed E-state index contributed by atoms with van der Waals surface area (Å²) in [5, 5.41) is 134. The van der Waals surface area contributed by atoms with Crippen LogP contribution < -0.4 is 5.32 Å². The Balaban J connectivity index is 1.65. The van der Waals surface area contributed by atoms with Gasteiger partial charge in [0.2, 0.25) is 0 Å². The van der Waals surface area contributed by atoms with Gasteiger partial charge >= 0.3 is 0 Å². The van der Waals surface area contributed by atoms with Crippen molar-refractivity contribution in [1.82, 2.24) is 5.32 Å². The van der Waals surface area contributed by atoms with Gasteiger partial charge in [-0.3, -0.25) is 0 Å². The standard InChI is InChI=1S/C26H47NO18/c1-8(13(6-30)43-24(40)12(32)5-29)41-25-22(39)20(37)23(14(7-31)44-25)45-26-21(38)18(35)15(9(2)42-26)27-11-3-10(4-28)16(33)19(36)17(11)34/h3,8-9,11-40H,4-7H2,1-2H3/t8-,9?,11-,12-,13?,14?,15+,16+,17-,18-,19-,20+,21?,22?,23+,24-,25-,26+/m0/s1. The van der Waals surface area contributed by atoms with Crippen LogP contribution in [-0.2, 0) is 23.7 Å². The molecule has 1 aliphatic carbocycles. The van der Waals surface area contributed by atoms with Gasteiger partial charge in [-0.2, -0.15) is 0 Å². The summed E-state index contributed by atoms with van der Waals surface area (Å²) in [4.78, 5) is 0. The molecule has 5 unspecified atom stereocenters. The summed E-state index contributed by atoms with van der Waals surface area (Å²) in [6.45, 7) is -0.129. The van der Waals surface area contributed by atoms with Crippen molar-refractivity contribution < 1.29 is 90.1 Å². The summed E-state index contributed by atoms with van der Waals surface area (Å²) in [7, 11) is 0. The third-order valence-electron chi connectivity index (χ3n) is 8.23. The first-order valence-corrected chi connectivity index (χ1v) is 14.5. The summed E-state index contributed by atoms with van der Waals surface area (Å²) in [6, 6.07) is -2.15. The molecular weight excluding hydrogens is 614 g/mol. The zero-order valence-electron chi connectivity index (χ0n) is 24.7. The Morgan fingerprint density at radius 3 is 2.04 bits per heavy atom. The van der Waals surface area contributed by atoms with Crippen LogP contribution in [0.2, 0.25) is 0 Å². The zero-order valence-corrected chi connectivity index (χ0v) is 24.7. The van der Waals surface area contributed by atoms with E-state index in [4.69, 9.17) is 28.8 Å². The summed E-state index contributed by atoms with van der Waals surface area (Å²) < 4.78 is 27.6. The fourth-order valence-electron chi connectivity index (χ4n) is 5.39. The van der Waals surface area contributed by atoms with E-state index in [1.165, 1.54) is 19.9 Å². The fraction of sp³-hybridized carbons (Fsp3) is 0.923. The zero-order chi connectivity index (χ0) is 33.7. The average Bonchev–Trinajstić information content (AvgIpc) is 3.02. The quantitative estimate of drug-likeness (QED) is 0.0607. The molecule has 0 bridgehead atoms. The van der Waals surface area contributed by atoms with E-state index >= 15 is 0 Å². The highest BCUT2D eigenvalue weighted by molar-refractivity contribution is 5.22. The molecule has 18 atom stereocenters. The second kappa shape index (κ2) is 16.9. The van der Waals surface area contributed by atoms with Crippen molar-refractivity contribution in [2.75, 3.05) is 26.4 Å². The number of aliphatic hydroxyl groups is 13. The van der Waals surface area contributed by atoms with Crippen LogP contribution in [0.4, 0.5) is 0 Å². The number of rotatable bonds is 14. The summed E-state index contributed by atoms with van der Waals surface area (Å²) in [5.41, 5.74) is 0.0278. The Morgan fingerprint density at radius 2 is 1.47 bits per heavy atom. The summed E-state index contributed by atoms with van der Waals surface area (Å²) >= 11 is 0. The normalized spacial score (nSPS) is 43.8. The first-order valence-electron chi connectivity index (χ1n) is 14.5. The number of hydrogen-bond acceptors (Lipinski definition) is 19. The van der Waals surface area contributed by atoms with E-state index in [0.717, 1.165) is 0 Å². The van der Waals surface area contributed by atoms with Gasteiger partial charge in [0.25, 0.3) is 0 Å². The fourth-order valence-corrected chi connectivity index (χ4v) is 5.39. The lowest BCUT2D eigenvalue weighted by atomic mass is 9.86. The molecule has 3 rings (SSSR count). The minimum atomic E-state index is -1.89. The first kappa shape index (κ1) is 38.4. The number of ether oxygens (including phenoxy) is 5. The van der Waals surface area contributed by atoms with Crippen LogP contribution in [0, 0.1) is 0 Å². The predicted molar refractivity (Wildman–Crippen MR) is 144 cm³/mol. The van der Waals surface area contributed by atoms with Crippen molar-refractivity contribution in [2.24, 2.45) is 0 Å². The minimum Gasteiger partial charge on any atom is -0.394 e. The second-order valence-corrected chi connectivity index (χ2v) is 11.4. The Kier molecular flexibility index (Phi) is 14.4. The number of aliphatic hydroxyl groups excluding tert-OH is 13. The lowest BCUT2D eigenvalue weighted by Crippen LogP contribution is -2.68. The molecule has 14 N–H and O–H groups in total. The summed E-state index contributed by atoms with van der Waals surface area (Å²) in [5.74, 6) is 0. The van der Waals surface area contributed by atoms with Crippen molar-refractivity contribution in [2.45, 2.75) is 124 Å². The Labute approximate surface area is 258 Å². The molecule has 264 valence electrons. The van der Waals surface area contributed by atoms with Gasteiger partial charge in [-0.1, -0.05) is 6.08 Å². The molecule has 2 heterocycles. The van der Waals surface area contributed by atoms with Gasteiger partial charge < -0.3 is 95.4 Å². The van der Waals surface area contributed by atoms with Crippen molar-refractivity contribution >= 4 is 0 Å². The Hall–Kier alpha value is -1.02. The highest BCUT2D eigenvalue weighted by Gasteiger charge is 2.51. The maximum Gasteiger partial charge on any atom is 0.187 e.